The van der Waals surface area contributed by atoms with Crippen molar-refractivity contribution in [1.29, 1.82) is 0 Å². The molecule has 1 heterocycles. The molecule has 1 amide bonds. The molecule has 1 aromatic carbocycles. The lowest BCUT2D eigenvalue weighted by Gasteiger charge is -2.17. The van der Waals surface area contributed by atoms with Gasteiger partial charge in [0.2, 0.25) is 0 Å². The molecule has 4 nitrogen and oxygen atoms in total. The molecule has 1 aliphatic heterocycles. The predicted octanol–water partition coefficient (Wildman–Crippen LogP) is 2.36. The number of carbonyl (C=O) groups excluding carboxylic acids is 1. The largest absolute Gasteiger partial charge is 0.481 e. The Balaban J connectivity index is 1.65. The van der Waals surface area contributed by atoms with E-state index in [4.69, 9.17) is 4.74 Å². The van der Waals surface area contributed by atoms with E-state index >= 15 is 0 Å². The van der Waals surface area contributed by atoms with Crippen LogP contribution in [0.4, 0.5) is 0 Å². The van der Waals surface area contributed by atoms with E-state index in [1.54, 1.807) is 6.92 Å². The zero-order valence-electron chi connectivity index (χ0n) is 13.1. The highest BCUT2D eigenvalue weighted by Gasteiger charge is 2.15. The van der Waals surface area contributed by atoms with Crippen LogP contribution in [0.3, 0.4) is 0 Å². The van der Waals surface area contributed by atoms with Crippen LogP contribution in [-0.4, -0.2) is 43.1 Å². The average Bonchev–Trinajstić information content (AvgIpc) is 2.96. The van der Waals surface area contributed by atoms with Gasteiger partial charge in [0.15, 0.2) is 6.10 Å². The number of aryl methyl sites for hydroxylation is 1. The first-order valence-corrected chi connectivity index (χ1v) is 7.88. The second-order valence-corrected chi connectivity index (χ2v) is 5.77. The van der Waals surface area contributed by atoms with Crippen LogP contribution < -0.4 is 10.1 Å². The molecule has 0 unspecified atom stereocenters. The van der Waals surface area contributed by atoms with E-state index in [1.807, 2.05) is 31.2 Å². The molecule has 1 aromatic rings. The number of ether oxygens (including phenoxy) is 1. The molecule has 0 aromatic heterocycles. The smallest absolute Gasteiger partial charge is 0.260 e. The number of nitrogens with zero attached hydrogens (tertiary/aromatic N) is 1. The van der Waals surface area contributed by atoms with Gasteiger partial charge in [-0.2, -0.15) is 0 Å². The molecule has 21 heavy (non-hydrogen) atoms. The SMILES string of the molecule is Cc1cccc(O[C@H](C)C(=O)NCCCN2CCCC2)c1. The number of nitrogens with one attached hydrogen (secondary N) is 1. The Hall–Kier alpha value is -1.55. The van der Waals surface area contributed by atoms with Crippen LogP contribution >= 0.6 is 0 Å². The Bertz CT molecular complexity index is 456. The maximum Gasteiger partial charge on any atom is 0.260 e. The van der Waals surface area contributed by atoms with Crippen LogP contribution in [0.1, 0.15) is 31.7 Å². The third-order valence-electron chi connectivity index (χ3n) is 3.82. The Morgan fingerprint density at radius 3 is 2.86 bits per heavy atom. The summed E-state index contributed by atoms with van der Waals surface area (Å²) in [5.74, 6) is 0.702. The Kier molecular flexibility index (Phi) is 6.05. The fourth-order valence-corrected chi connectivity index (χ4v) is 2.61. The lowest BCUT2D eigenvalue weighted by Crippen LogP contribution is -2.37. The summed E-state index contributed by atoms with van der Waals surface area (Å²) in [4.78, 5) is 14.4. The van der Waals surface area contributed by atoms with Crippen LogP contribution in [0.25, 0.3) is 0 Å². The van der Waals surface area contributed by atoms with E-state index in [0.29, 0.717) is 0 Å². The second-order valence-electron chi connectivity index (χ2n) is 5.77. The molecule has 1 saturated heterocycles. The number of amides is 1. The van der Waals surface area contributed by atoms with E-state index in [1.165, 1.54) is 25.9 Å². The summed E-state index contributed by atoms with van der Waals surface area (Å²) in [5, 5.41) is 2.95. The lowest BCUT2D eigenvalue weighted by molar-refractivity contribution is -0.127. The lowest BCUT2D eigenvalue weighted by atomic mass is 10.2. The van der Waals surface area contributed by atoms with E-state index in [-0.39, 0.29) is 5.91 Å². The van der Waals surface area contributed by atoms with E-state index < -0.39 is 6.10 Å². The molecule has 2 rings (SSSR count). The number of likely N-dealkylation sites (tertiary alicyclic amines) is 1. The van der Waals surface area contributed by atoms with Gasteiger partial charge in [-0.3, -0.25) is 4.79 Å². The van der Waals surface area contributed by atoms with Gasteiger partial charge in [-0.25, -0.2) is 0 Å². The molecule has 0 saturated carbocycles. The fraction of sp³-hybridized carbons (Fsp3) is 0.588. The molecule has 1 aliphatic rings. The molecule has 0 radical (unpaired) electrons. The van der Waals surface area contributed by atoms with Gasteiger partial charge in [0, 0.05) is 6.54 Å². The van der Waals surface area contributed by atoms with Crippen molar-refractivity contribution in [3.8, 4) is 5.75 Å². The number of rotatable bonds is 7. The van der Waals surface area contributed by atoms with E-state index in [9.17, 15) is 4.79 Å². The zero-order chi connectivity index (χ0) is 15.1. The minimum absolute atomic E-state index is 0.0436. The molecule has 116 valence electrons. The molecule has 0 aliphatic carbocycles. The molecule has 1 N–H and O–H groups in total. The quantitative estimate of drug-likeness (QED) is 0.784. The number of hydrogen-bond donors (Lipinski definition) is 1. The van der Waals surface area contributed by atoms with Gasteiger partial charge >= 0.3 is 0 Å². The highest BCUT2D eigenvalue weighted by atomic mass is 16.5. The normalized spacial score (nSPS) is 16.7. The van der Waals surface area contributed by atoms with Crippen LogP contribution in [0, 0.1) is 6.92 Å². The highest BCUT2D eigenvalue weighted by Crippen LogP contribution is 2.14. The maximum atomic E-state index is 12.0. The second kappa shape index (κ2) is 8.03. The van der Waals surface area contributed by atoms with Gasteiger partial charge in [-0.05, 0) is 70.4 Å². The van der Waals surface area contributed by atoms with Crippen LogP contribution in [-0.2, 0) is 4.79 Å². The first-order chi connectivity index (χ1) is 10.1. The topological polar surface area (TPSA) is 41.6 Å². The standard InChI is InChI=1S/C17H26N2O2/c1-14-7-5-8-16(13-14)21-15(2)17(20)18-9-6-12-19-10-3-4-11-19/h5,7-8,13,15H,3-4,6,9-12H2,1-2H3,(H,18,20)/t15-/m1/s1. The zero-order valence-corrected chi connectivity index (χ0v) is 13.1. The van der Waals surface area contributed by atoms with Crippen molar-refractivity contribution < 1.29 is 9.53 Å². The average molecular weight is 290 g/mol. The fourth-order valence-electron chi connectivity index (χ4n) is 2.61. The Labute approximate surface area is 127 Å². The summed E-state index contributed by atoms with van der Waals surface area (Å²) < 4.78 is 5.66. The summed E-state index contributed by atoms with van der Waals surface area (Å²) >= 11 is 0. The van der Waals surface area contributed by atoms with Crippen molar-refractivity contribution >= 4 is 5.91 Å². The molecule has 4 heteroatoms. The predicted molar refractivity (Wildman–Crippen MR) is 84.6 cm³/mol. The molecule has 0 spiro atoms. The summed E-state index contributed by atoms with van der Waals surface area (Å²) in [7, 11) is 0. The molecule has 1 fully saturated rings. The van der Waals surface area contributed by atoms with Crippen molar-refractivity contribution in [3.63, 3.8) is 0 Å². The first kappa shape index (κ1) is 15.8. The summed E-state index contributed by atoms with van der Waals surface area (Å²) in [5.41, 5.74) is 1.13. The first-order valence-electron chi connectivity index (χ1n) is 7.88. The van der Waals surface area contributed by atoms with E-state index in [0.717, 1.165) is 30.8 Å². The number of benzene rings is 1. The third-order valence-corrected chi connectivity index (χ3v) is 3.82. The van der Waals surface area contributed by atoms with Gasteiger partial charge in [0.25, 0.3) is 5.91 Å². The number of hydrogen-bond acceptors (Lipinski definition) is 3. The van der Waals surface area contributed by atoms with Gasteiger partial charge in [-0.1, -0.05) is 12.1 Å². The Morgan fingerprint density at radius 1 is 1.38 bits per heavy atom. The third kappa shape index (κ3) is 5.38. The molecule has 1 atom stereocenters. The minimum atomic E-state index is -0.460. The van der Waals surface area contributed by atoms with Gasteiger partial charge in [-0.15, -0.1) is 0 Å². The monoisotopic (exact) mass is 290 g/mol. The van der Waals surface area contributed by atoms with E-state index in [2.05, 4.69) is 10.2 Å². The van der Waals surface area contributed by atoms with Gasteiger partial charge in [0.05, 0.1) is 0 Å². The summed E-state index contributed by atoms with van der Waals surface area (Å²) in [6.45, 7) is 8.01. The highest BCUT2D eigenvalue weighted by molar-refractivity contribution is 5.80. The van der Waals surface area contributed by atoms with Crippen LogP contribution in [0.15, 0.2) is 24.3 Å². The van der Waals surface area contributed by atoms with Gasteiger partial charge in [0.1, 0.15) is 5.75 Å². The maximum absolute atomic E-state index is 12.0. The molecule has 0 bridgehead atoms. The van der Waals surface area contributed by atoms with Crippen LogP contribution in [0.5, 0.6) is 5.75 Å². The minimum Gasteiger partial charge on any atom is -0.481 e. The van der Waals surface area contributed by atoms with Crippen molar-refractivity contribution in [1.82, 2.24) is 10.2 Å². The van der Waals surface area contributed by atoms with Crippen molar-refractivity contribution in [2.24, 2.45) is 0 Å². The summed E-state index contributed by atoms with van der Waals surface area (Å²) in [6.07, 6.45) is 3.17. The van der Waals surface area contributed by atoms with Crippen molar-refractivity contribution in [2.45, 2.75) is 39.2 Å². The van der Waals surface area contributed by atoms with Gasteiger partial charge < -0.3 is 15.0 Å². The van der Waals surface area contributed by atoms with Crippen molar-refractivity contribution in [2.75, 3.05) is 26.2 Å². The molecular formula is C17H26N2O2. The Morgan fingerprint density at radius 2 is 2.14 bits per heavy atom. The van der Waals surface area contributed by atoms with Crippen molar-refractivity contribution in [3.05, 3.63) is 29.8 Å². The van der Waals surface area contributed by atoms with Crippen LogP contribution in [0.2, 0.25) is 0 Å². The summed E-state index contributed by atoms with van der Waals surface area (Å²) in [6, 6.07) is 7.77. The number of carbonyl (C=O) groups is 1. The molecular weight excluding hydrogens is 264 g/mol.